The number of hydrogen-bond donors (Lipinski definition) is 2. The third kappa shape index (κ3) is 5.85. The van der Waals surface area contributed by atoms with Crippen molar-refractivity contribution in [1.29, 1.82) is 0 Å². The number of esters is 1. The van der Waals surface area contributed by atoms with Crippen molar-refractivity contribution in [3.05, 3.63) is 30.4 Å². The van der Waals surface area contributed by atoms with Gasteiger partial charge in [0.05, 0.1) is 5.70 Å². The summed E-state index contributed by atoms with van der Waals surface area (Å²) in [7, 11) is 2.02. The molecule has 2 aromatic heterocycles. The number of likely N-dealkylation sites (N-methyl/N-ethyl adjacent to an activating group) is 1. The summed E-state index contributed by atoms with van der Waals surface area (Å²) in [5.74, 6) is 0.818. The summed E-state index contributed by atoms with van der Waals surface area (Å²) < 4.78 is 7.65. The lowest BCUT2D eigenvalue weighted by Gasteiger charge is -2.22. The Balaban J connectivity index is 1.34. The summed E-state index contributed by atoms with van der Waals surface area (Å²) in [6.45, 7) is 2.65. The van der Waals surface area contributed by atoms with Crippen LogP contribution >= 0.6 is 0 Å². The lowest BCUT2D eigenvalue weighted by molar-refractivity contribution is -0.146. The van der Waals surface area contributed by atoms with E-state index in [1.165, 1.54) is 44.5 Å². The minimum atomic E-state index is -0.337. The summed E-state index contributed by atoms with van der Waals surface area (Å²) in [4.78, 5) is 27.4. The first-order chi connectivity index (χ1) is 15.6. The number of nitrogens with zero attached hydrogens (tertiary/aromatic N) is 5. The van der Waals surface area contributed by atoms with Gasteiger partial charge < -0.3 is 25.3 Å². The number of allylic oxidation sites excluding steroid dienone is 1. The van der Waals surface area contributed by atoms with Crippen LogP contribution in [0.3, 0.4) is 0 Å². The number of carbonyl (C=O) groups is 1. The molecule has 0 aromatic carbocycles. The van der Waals surface area contributed by atoms with Gasteiger partial charge in [0.2, 0.25) is 5.95 Å². The first-order valence-corrected chi connectivity index (χ1v) is 11.5. The highest BCUT2D eigenvalue weighted by Gasteiger charge is 2.22. The Morgan fingerprint density at radius 1 is 1.34 bits per heavy atom. The second-order valence-electron chi connectivity index (χ2n) is 8.82. The van der Waals surface area contributed by atoms with Crippen LogP contribution in [0.1, 0.15) is 38.5 Å². The fourth-order valence-corrected chi connectivity index (χ4v) is 4.50. The average molecular weight is 440 g/mol. The Hall–Kier alpha value is -2.94. The van der Waals surface area contributed by atoms with Crippen molar-refractivity contribution in [2.24, 2.45) is 16.6 Å². The van der Waals surface area contributed by atoms with E-state index in [2.05, 4.69) is 37.0 Å². The molecule has 32 heavy (non-hydrogen) atoms. The van der Waals surface area contributed by atoms with E-state index in [0.717, 1.165) is 37.1 Å². The zero-order chi connectivity index (χ0) is 22.3. The van der Waals surface area contributed by atoms with Gasteiger partial charge in [-0.05, 0) is 38.3 Å². The smallest absolute Gasteiger partial charge is 0.328 e. The van der Waals surface area contributed by atoms with E-state index >= 15 is 0 Å². The molecule has 3 N–H and O–H groups in total. The predicted octanol–water partition coefficient (Wildman–Crippen LogP) is 2.54. The Labute approximate surface area is 188 Å². The molecule has 2 aromatic rings. The standard InChI is InChI=1S/C23H33N7O2/c1-29-9-8-20(16-29)32-21(31)14-25-13-19(11-24)27-23-26-12-18-7-10-30(22(18)28-23)15-17-5-3-2-4-6-17/h7,10-13,17,20H,2-6,8-9,14-16,24H2,1H3,(H,26,27,28)/b19-11+,25-13?. The molecule has 1 unspecified atom stereocenters. The van der Waals surface area contributed by atoms with Crippen molar-refractivity contribution in [2.45, 2.75) is 51.2 Å². The molecular weight excluding hydrogens is 406 g/mol. The van der Waals surface area contributed by atoms with Gasteiger partial charge in [-0.1, -0.05) is 19.3 Å². The van der Waals surface area contributed by atoms with Gasteiger partial charge in [0.15, 0.2) is 0 Å². The molecule has 4 rings (SSSR count). The third-order valence-electron chi connectivity index (χ3n) is 6.21. The van der Waals surface area contributed by atoms with Crippen molar-refractivity contribution >= 4 is 29.2 Å². The number of nitrogens with two attached hydrogens (primary N) is 1. The number of fused-ring (bicyclic) bond motifs is 1. The minimum absolute atomic E-state index is 0.0460. The predicted molar refractivity (Wildman–Crippen MR) is 125 cm³/mol. The molecule has 1 saturated heterocycles. The van der Waals surface area contributed by atoms with E-state index in [4.69, 9.17) is 15.5 Å². The van der Waals surface area contributed by atoms with Gasteiger partial charge in [-0.2, -0.15) is 4.98 Å². The van der Waals surface area contributed by atoms with Gasteiger partial charge >= 0.3 is 5.97 Å². The maximum atomic E-state index is 12.0. The Bertz CT molecular complexity index is 978. The first-order valence-electron chi connectivity index (χ1n) is 11.5. The highest BCUT2D eigenvalue weighted by molar-refractivity contribution is 5.85. The van der Waals surface area contributed by atoms with Crippen LogP contribution in [0.15, 0.2) is 35.3 Å². The normalized spacial score (nSPS) is 20.9. The van der Waals surface area contributed by atoms with Crippen LogP contribution in [0, 0.1) is 5.92 Å². The Morgan fingerprint density at radius 2 is 2.19 bits per heavy atom. The summed E-state index contributed by atoms with van der Waals surface area (Å²) in [5.41, 5.74) is 7.16. The van der Waals surface area contributed by atoms with Gasteiger partial charge in [0.25, 0.3) is 0 Å². The average Bonchev–Trinajstić information content (AvgIpc) is 3.39. The van der Waals surface area contributed by atoms with Gasteiger partial charge in [-0.3, -0.25) is 9.79 Å². The molecule has 9 heteroatoms. The Kier molecular flexibility index (Phi) is 7.36. The summed E-state index contributed by atoms with van der Waals surface area (Å²) in [6, 6.07) is 2.05. The summed E-state index contributed by atoms with van der Waals surface area (Å²) >= 11 is 0. The lowest BCUT2D eigenvalue weighted by atomic mass is 9.89. The van der Waals surface area contributed by atoms with Crippen molar-refractivity contribution in [3.63, 3.8) is 0 Å². The molecule has 0 radical (unpaired) electrons. The number of anilines is 1. The summed E-state index contributed by atoms with van der Waals surface area (Å²) in [5, 5.41) is 4.10. The molecule has 1 aliphatic carbocycles. The van der Waals surface area contributed by atoms with Crippen molar-refractivity contribution in [2.75, 3.05) is 32.0 Å². The van der Waals surface area contributed by atoms with E-state index in [1.54, 1.807) is 0 Å². The molecule has 0 amide bonds. The number of likely N-dealkylation sites (tertiary alicyclic amines) is 1. The van der Waals surface area contributed by atoms with Crippen LogP contribution in [-0.2, 0) is 16.1 Å². The molecule has 3 heterocycles. The third-order valence-corrected chi connectivity index (χ3v) is 6.21. The van der Waals surface area contributed by atoms with Crippen molar-refractivity contribution < 1.29 is 9.53 Å². The SMILES string of the molecule is CN1CCC(OC(=O)CN=C/C(=C\N)Nc2ncc3ccn(CC4CCCCC4)c3n2)C1. The topological polar surface area (TPSA) is 111 Å². The number of aliphatic imine (C=N–C) groups is 1. The highest BCUT2D eigenvalue weighted by Crippen LogP contribution is 2.26. The van der Waals surface area contributed by atoms with Crippen molar-refractivity contribution in [3.8, 4) is 0 Å². The molecule has 1 saturated carbocycles. The van der Waals surface area contributed by atoms with E-state index in [0.29, 0.717) is 17.6 Å². The van der Waals surface area contributed by atoms with Crippen LogP contribution in [0.25, 0.3) is 11.0 Å². The number of carbonyl (C=O) groups excluding carboxylic acids is 1. The fourth-order valence-electron chi connectivity index (χ4n) is 4.50. The second kappa shape index (κ2) is 10.6. The number of rotatable bonds is 8. The quantitative estimate of drug-likeness (QED) is 0.480. The van der Waals surface area contributed by atoms with Crippen LogP contribution in [0.2, 0.25) is 0 Å². The molecule has 0 spiro atoms. The molecular formula is C23H33N7O2. The summed E-state index contributed by atoms with van der Waals surface area (Å²) in [6.07, 6.45) is 14.2. The number of hydrogen-bond acceptors (Lipinski definition) is 8. The first kappa shape index (κ1) is 22.3. The monoisotopic (exact) mass is 439 g/mol. The number of aromatic nitrogens is 3. The number of ether oxygens (including phenoxy) is 1. The highest BCUT2D eigenvalue weighted by atomic mass is 16.5. The van der Waals surface area contributed by atoms with Crippen LogP contribution in [0.5, 0.6) is 0 Å². The zero-order valence-electron chi connectivity index (χ0n) is 18.7. The van der Waals surface area contributed by atoms with E-state index in [-0.39, 0.29) is 18.6 Å². The molecule has 0 bridgehead atoms. The van der Waals surface area contributed by atoms with Gasteiger partial charge in [0, 0.05) is 49.8 Å². The molecule has 9 nitrogen and oxygen atoms in total. The van der Waals surface area contributed by atoms with E-state index in [9.17, 15) is 4.79 Å². The van der Waals surface area contributed by atoms with Crippen LogP contribution in [-0.4, -0.2) is 64.4 Å². The van der Waals surface area contributed by atoms with Crippen LogP contribution < -0.4 is 11.1 Å². The lowest BCUT2D eigenvalue weighted by Crippen LogP contribution is -2.23. The maximum Gasteiger partial charge on any atom is 0.328 e. The molecule has 2 aliphatic rings. The Morgan fingerprint density at radius 3 is 2.94 bits per heavy atom. The van der Waals surface area contributed by atoms with Gasteiger partial charge in [-0.15, -0.1) is 0 Å². The van der Waals surface area contributed by atoms with Gasteiger partial charge in [-0.25, -0.2) is 4.98 Å². The van der Waals surface area contributed by atoms with Crippen molar-refractivity contribution in [1.82, 2.24) is 19.4 Å². The van der Waals surface area contributed by atoms with Gasteiger partial charge in [0.1, 0.15) is 18.3 Å². The van der Waals surface area contributed by atoms with E-state index in [1.807, 2.05) is 13.2 Å². The maximum absolute atomic E-state index is 12.0. The number of nitrogens with one attached hydrogen (secondary N) is 1. The zero-order valence-corrected chi connectivity index (χ0v) is 18.7. The minimum Gasteiger partial charge on any atom is -0.460 e. The second-order valence-corrected chi connectivity index (χ2v) is 8.82. The largest absolute Gasteiger partial charge is 0.460 e. The fraction of sp³-hybridized carbons (Fsp3) is 0.565. The molecule has 2 fully saturated rings. The van der Waals surface area contributed by atoms with Crippen LogP contribution in [0.4, 0.5) is 5.95 Å². The molecule has 1 atom stereocenters. The molecule has 1 aliphatic heterocycles. The molecule has 172 valence electrons. The van der Waals surface area contributed by atoms with E-state index < -0.39 is 0 Å².